The van der Waals surface area contributed by atoms with Crippen LogP contribution in [0.3, 0.4) is 0 Å². The minimum Gasteiger partial charge on any atom is -0.464 e. The molecule has 0 bridgehead atoms. The molecule has 4 rings (SSSR count). The average molecular weight is 515 g/mol. The highest BCUT2D eigenvalue weighted by molar-refractivity contribution is 5.93. The van der Waals surface area contributed by atoms with Crippen molar-refractivity contribution in [3.8, 4) is 0 Å². The fourth-order valence-corrected chi connectivity index (χ4v) is 5.72. The van der Waals surface area contributed by atoms with E-state index < -0.39 is 17.4 Å². The van der Waals surface area contributed by atoms with Gasteiger partial charge in [0, 0.05) is 31.3 Å². The first-order chi connectivity index (χ1) is 18.0. The van der Waals surface area contributed by atoms with Crippen molar-refractivity contribution in [1.29, 1.82) is 0 Å². The number of ether oxygens (including phenoxy) is 3. The molecule has 3 fully saturated rings. The number of hydrogen-bond acceptors (Lipinski definition) is 6. The van der Waals surface area contributed by atoms with Crippen LogP contribution in [-0.4, -0.2) is 67.7 Å². The third kappa shape index (κ3) is 7.54. The van der Waals surface area contributed by atoms with Crippen LogP contribution in [0, 0.1) is 17.8 Å². The molecule has 3 aliphatic rings. The standard InChI is InChI=1S/C29H42N2O6/c1-2-37-28(34)29(19-25(29)21-36-20-23-11-7-4-8-12-23)30-27(33)24(17-22-9-5-3-6-10-22)18-26(32)31-13-15-35-16-14-31/h4,7-8,11-12,22,24-25H,2-3,5-6,9-10,13-21H2,1H3,(H,30,33)/t24-,25+,29+/m1/s1. The van der Waals surface area contributed by atoms with E-state index in [1.54, 1.807) is 11.8 Å². The summed E-state index contributed by atoms with van der Waals surface area (Å²) in [6, 6.07) is 9.87. The fraction of sp³-hybridized carbons (Fsp3) is 0.690. The van der Waals surface area contributed by atoms with Gasteiger partial charge < -0.3 is 24.4 Å². The van der Waals surface area contributed by atoms with Gasteiger partial charge in [0.05, 0.1) is 33.0 Å². The highest BCUT2D eigenvalue weighted by Crippen LogP contribution is 2.45. The summed E-state index contributed by atoms with van der Waals surface area (Å²) in [5.41, 5.74) is -0.0144. The van der Waals surface area contributed by atoms with Gasteiger partial charge >= 0.3 is 5.97 Å². The Hall–Kier alpha value is -2.45. The largest absolute Gasteiger partial charge is 0.464 e. The van der Waals surface area contributed by atoms with Gasteiger partial charge in [0.15, 0.2) is 0 Å². The third-order valence-electron chi connectivity index (χ3n) is 8.02. The van der Waals surface area contributed by atoms with Crippen LogP contribution in [0.1, 0.15) is 63.9 Å². The molecule has 8 nitrogen and oxygen atoms in total. The number of hydrogen-bond donors (Lipinski definition) is 1. The van der Waals surface area contributed by atoms with Gasteiger partial charge in [-0.2, -0.15) is 0 Å². The maximum absolute atomic E-state index is 13.7. The molecule has 1 saturated heterocycles. The van der Waals surface area contributed by atoms with Crippen LogP contribution in [0.25, 0.3) is 0 Å². The van der Waals surface area contributed by atoms with E-state index in [2.05, 4.69) is 5.32 Å². The lowest BCUT2D eigenvalue weighted by Gasteiger charge is -2.31. The van der Waals surface area contributed by atoms with E-state index in [0.717, 1.165) is 18.4 Å². The Bertz CT molecular complexity index is 897. The Kier molecular flexibility index (Phi) is 9.97. The van der Waals surface area contributed by atoms with Gasteiger partial charge in [-0.3, -0.25) is 9.59 Å². The molecule has 2 saturated carbocycles. The van der Waals surface area contributed by atoms with Crippen molar-refractivity contribution in [2.45, 2.75) is 70.4 Å². The SMILES string of the molecule is CCOC(=O)[C@]1(NC(=O)[C@@H](CC(=O)N2CCOCC2)CC2CCCCC2)C[C@H]1COCc1ccccc1. The molecule has 0 aromatic heterocycles. The Morgan fingerprint density at radius 2 is 1.84 bits per heavy atom. The number of carbonyl (C=O) groups is 3. The molecule has 1 aromatic carbocycles. The second-order valence-corrected chi connectivity index (χ2v) is 10.7. The Morgan fingerprint density at radius 1 is 1.11 bits per heavy atom. The minimum absolute atomic E-state index is 0.0111. The first-order valence-corrected chi connectivity index (χ1v) is 14.0. The monoisotopic (exact) mass is 514 g/mol. The molecule has 8 heteroatoms. The van der Waals surface area contributed by atoms with Crippen LogP contribution in [0.5, 0.6) is 0 Å². The lowest BCUT2D eigenvalue weighted by molar-refractivity contribution is -0.150. The van der Waals surface area contributed by atoms with Crippen LogP contribution in [0.15, 0.2) is 30.3 Å². The summed E-state index contributed by atoms with van der Waals surface area (Å²) in [7, 11) is 0. The lowest BCUT2D eigenvalue weighted by Crippen LogP contribution is -2.50. The summed E-state index contributed by atoms with van der Waals surface area (Å²) < 4.78 is 16.7. The number of carbonyl (C=O) groups excluding carboxylic acids is 3. The van der Waals surface area contributed by atoms with Crippen LogP contribution >= 0.6 is 0 Å². The number of rotatable bonds is 12. The van der Waals surface area contributed by atoms with E-state index in [-0.39, 0.29) is 30.8 Å². The van der Waals surface area contributed by atoms with Crippen molar-refractivity contribution < 1.29 is 28.6 Å². The summed E-state index contributed by atoms with van der Waals surface area (Å²) in [5.74, 6) is -0.813. The molecule has 0 radical (unpaired) electrons. The second kappa shape index (κ2) is 13.4. The normalized spacial score (nSPS) is 24.8. The van der Waals surface area contributed by atoms with E-state index in [1.807, 2.05) is 30.3 Å². The smallest absolute Gasteiger partial charge is 0.332 e. The molecule has 0 spiro atoms. The lowest BCUT2D eigenvalue weighted by atomic mass is 9.81. The highest BCUT2D eigenvalue weighted by atomic mass is 16.5. The molecule has 2 aliphatic carbocycles. The molecule has 1 heterocycles. The van der Waals surface area contributed by atoms with Crippen molar-refractivity contribution in [2.24, 2.45) is 17.8 Å². The summed E-state index contributed by atoms with van der Waals surface area (Å²) >= 11 is 0. The van der Waals surface area contributed by atoms with Gasteiger partial charge in [-0.25, -0.2) is 4.79 Å². The molecule has 3 atom stereocenters. The molecule has 204 valence electrons. The van der Waals surface area contributed by atoms with E-state index >= 15 is 0 Å². The third-order valence-corrected chi connectivity index (χ3v) is 8.02. The van der Waals surface area contributed by atoms with E-state index in [1.165, 1.54) is 19.3 Å². The number of amides is 2. The molecule has 1 aromatic rings. The summed E-state index contributed by atoms with van der Waals surface area (Å²) in [4.78, 5) is 41.6. The van der Waals surface area contributed by atoms with Crippen molar-refractivity contribution >= 4 is 17.8 Å². The second-order valence-electron chi connectivity index (χ2n) is 10.7. The van der Waals surface area contributed by atoms with Gasteiger partial charge in [0.2, 0.25) is 11.8 Å². The van der Waals surface area contributed by atoms with E-state index in [4.69, 9.17) is 14.2 Å². The van der Waals surface area contributed by atoms with E-state index in [9.17, 15) is 14.4 Å². The maximum Gasteiger partial charge on any atom is 0.332 e. The molecule has 0 unspecified atom stereocenters. The molecular weight excluding hydrogens is 472 g/mol. The zero-order valence-corrected chi connectivity index (χ0v) is 22.1. The zero-order chi connectivity index (χ0) is 26.1. The highest BCUT2D eigenvalue weighted by Gasteiger charge is 2.62. The number of nitrogens with one attached hydrogen (secondary N) is 1. The first-order valence-electron chi connectivity index (χ1n) is 14.0. The predicted molar refractivity (Wildman–Crippen MR) is 138 cm³/mol. The Labute approximate surface area is 220 Å². The van der Waals surface area contributed by atoms with Crippen LogP contribution in [0.4, 0.5) is 0 Å². The van der Waals surface area contributed by atoms with Gasteiger partial charge in [0.1, 0.15) is 5.54 Å². The van der Waals surface area contributed by atoms with Gasteiger partial charge in [-0.15, -0.1) is 0 Å². The molecule has 2 amide bonds. The van der Waals surface area contributed by atoms with E-state index in [0.29, 0.717) is 58.3 Å². The van der Waals surface area contributed by atoms with Crippen LogP contribution < -0.4 is 5.32 Å². The summed E-state index contributed by atoms with van der Waals surface area (Å²) in [6.45, 7) is 4.99. The van der Waals surface area contributed by atoms with Crippen molar-refractivity contribution in [3.63, 3.8) is 0 Å². The minimum atomic E-state index is -1.07. The van der Waals surface area contributed by atoms with Crippen molar-refractivity contribution in [2.75, 3.05) is 39.5 Å². The van der Waals surface area contributed by atoms with Gasteiger partial charge in [-0.05, 0) is 31.2 Å². The molecule has 1 N–H and O–H groups in total. The average Bonchev–Trinajstić information content (AvgIpc) is 3.63. The first kappa shape index (κ1) is 27.6. The van der Waals surface area contributed by atoms with Gasteiger partial charge in [-0.1, -0.05) is 62.4 Å². The maximum atomic E-state index is 13.7. The molecular formula is C29H42N2O6. The molecule has 37 heavy (non-hydrogen) atoms. The zero-order valence-electron chi connectivity index (χ0n) is 22.1. The van der Waals surface area contributed by atoms with Crippen molar-refractivity contribution in [3.05, 3.63) is 35.9 Å². The predicted octanol–water partition coefficient (Wildman–Crippen LogP) is 3.48. The topological polar surface area (TPSA) is 94.2 Å². The van der Waals surface area contributed by atoms with Gasteiger partial charge in [0.25, 0.3) is 0 Å². The quantitative estimate of drug-likeness (QED) is 0.429. The number of benzene rings is 1. The molecule has 1 aliphatic heterocycles. The van der Waals surface area contributed by atoms with Crippen LogP contribution in [-0.2, 0) is 35.2 Å². The van der Waals surface area contributed by atoms with Crippen molar-refractivity contribution in [1.82, 2.24) is 10.2 Å². The Balaban J connectivity index is 1.40. The summed E-state index contributed by atoms with van der Waals surface area (Å²) in [6.07, 6.45) is 7.08. The van der Waals surface area contributed by atoms with Crippen LogP contribution in [0.2, 0.25) is 0 Å². The number of esters is 1. The number of morpholine rings is 1. The fourth-order valence-electron chi connectivity index (χ4n) is 5.72. The Morgan fingerprint density at radius 3 is 2.54 bits per heavy atom. The summed E-state index contributed by atoms with van der Waals surface area (Å²) in [5, 5.41) is 3.06. The number of nitrogens with zero attached hydrogens (tertiary/aromatic N) is 1.